The lowest BCUT2D eigenvalue weighted by Crippen LogP contribution is -2.43. The van der Waals surface area contributed by atoms with Gasteiger partial charge in [0, 0.05) is 25.0 Å². The lowest BCUT2D eigenvalue weighted by atomic mass is 10.0. The maximum atomic E-state index is 13.7. The molecule has 0 spiro atoms. The van der Waals surface area contributed by atoms with Crippen molar-refractivity contribution in [3.8, 4) is 5.75 Å². The van der Waals surface area contributed by atoms with Crippen molar-refractivity contribution in [2.75, 3.05) is 0 Å². The molecule has 170 valence electrons. The van der Waals surface area contributed by atoms with E-state index in [-0.39, 0.29) is 6.54 Å². The molecule has 3 aromatic rings. The number of aryl methyl sites for hydroxylation is 1. The van der Waals surface area contributed by atoms with Crippen molar-refractivity contribution >= 4 is 10.0 Å². The standard InChI is InChI=1S/C22H22F3N3O3S/c23-22(24,25)31-19-10-4-5-11-20(19)32(29,30)28-16-21-26-12-14-27(21)13-6-9-18(28)15-17-7-2-1-3-8-17/h1-5,7-8,10-12,14,18H,6,9,13,15-16H2/t18-/m0/s1. The van der Waals surface area contributed by atoms with Crippen LogP contribution in [0.2, 0.25) is 0 Å². The third-order valence-electron chi connectivity index (χ3n) is 5.42. The molecule has 0 saturated heterocycles. The van der Waals surface area contributed by atoms with Gasteiger partial charge < -0.3 is 9.30 Å². The number of nitrogens with zero attached hydrogens (tertiary/aromatic N) is 3. The van der Waals surface area contributed by atoms with Crippen LogP contribution in [0.4, 0.5) is 13.2 Å². The topological polar surface area (TPSA) is 64.4 Å². The van der Waals surface area contributed by atoms with Crippen molar-refractivity contribution in [1.29, 1.82) is 0 Å². The van der Waals surface area contributed by atoms with Crippen molar-refractivity contribution in [3.05, 3.63) is 78.4 Å². The molecule has 0 radical (unpaired) electrons. The van der Waals surface area contributed by atoms with Crippen LogP contribution in [0.25, 0.3) is 0 Å². The average Bonchev–Trinajstić information content (AvgIpc) is 3.16. The lowest BCUT2D eigenvalue weighted by Gasteiger charge is -2.33. The second-order valence-electron chi connectivity index (χ2n) is 7.57. The number of alkyl halides is 3. The van der Waals surface area contributed by atoms with Crippen molar-refractivity contribution < 1.29 is 26.3 Å². The van der Waals surface area contributed by atoms with Gasteiger partial charge in [-0.1, -0.05) is 42.5 Å². The Morgan fingerprint density at radius 1 is 1.06 bits per heavy atom. The Hall–Kier alpha value is -2.85. The number of imidazole rings is 1. The first-order chi connectivity index (χ1) is 15.2. The molecular weight excluding hydrogens is 443 g/mol. The van der Waals surface area contributed by atoms with E-state index in [1.807, 2.05) is 34.9 Å². The minimum atomic E-state index is -5.01. The first kappa shape index (κ1) is 22.3. The van der Waals surface area contributed by atoms with Gasteiger partial charge in [0.25, 0.3) is 0 Å². The van der Waals surface area contributed by atoms with Crippen LogP contribution in [0.5, 0.6) is 5.75 Å². The van der Waals surface area contributed by atoms with Gasteiger partial charge in [0.05, 0.1) is 6.54 Å². The van der Waals surface area contributed by atoms with E-state index >= 15 is 0 Å². The van der Waals surface area contributed by atoms with Crippen LogP contribution in [-0.4, -0.2) is 34.7 Å². The van der Waals surface area contributed by atoms with Gasteiger partial charge in [-0.05, 0) is 37.0 Å². The molecule has 32 heavy (non-hydrogen) atoms. The minimum Gasteiger partial charge on any atom is -0.404 e. The van der Waals surface area contributed by atoms with Gasteiger partial charge in [0.1, 0.15) is 16.5 Å². The van der Waals surface area contributed by atoms with Crippen molar-refractivity contribution in [3.63, 3.8) is 0 Å². The van der Waals surface area contributed by atoms with Crippen LogP contribution < -0.4 is 4.74 Å². The number of hydrogen-bond acceptors (Lipinski definition) is 4. The number of halogens is 3. The highest BCUT2D eigenvalue weighted by atomic mass is 32.2. The molecule has 1 aliphatic rings. The molecule has 0 aliphatic carbocycles. The first-order valence-electron chi connectivity index (χ1n) is 10.1. The number of rotatable bonds is 5. The summed E-state index contributed by atoms with van der Waals surface area (Å²) in [7, 11) is -4.34. The van der Waals surface area contributed by atoms with Crippen LogP contribution in [0.1, 0.15) is 24.2 Å². The minimum absolute atomic E-state index is 0.0484. The molecule has 1 atom stereocenters. The molecule has 10 heteroatoms. The van der Waals surface area contributed by atoms with Gasteiger partial charge in [-0.25, -0.2) is 13.4 Å². The second-order valence-corrected chi connectivity index (χ2v) is 9.43. The van der Waals surface area contributed by atoms with E-state index in [1.165, 1.54) is 16.4 Å². The molecule has 2 aromatic carbocycles. The normalized spacial score (nSPS) is 17.9. The maximum Gasteiger partial charge on any atom is 0.573 e. The fourth-order valence-corrected chi connectivity index (χ4v) is 5.70. The molecule has 1 aromatic heterocycles. The quantitative estimate of drug-likeness (QED) is 0.561. The van der Waals surface area contributed by atoms with E-state index in [4.69, 9.17) is 0 Å². The summed E-state index contributed by atoms with van der Waals surface area (Å²) in [6.07, 6.45) is 0.0446. The Bertz CT molecular complexity index is 1160. The highest BCUT2D eigenvalue weighted by Gasteiger charge is 2.38. The Kier molecular flexibility index (Phi) is 6.25. The number of sulfonamides is 1. The summed E-state index contributed by atoms with van der Waals surface area (Å²) in [4.78, 5) is 3.77. The predicted octanol–water partition coefficient (Wildman–Crippen LogP) is 4.38. The first-order valence-corrected chi connectivity index (χ1v) is 11.6. The van der Waals surface area contributed by atoms with Gasteiger partial charge >= 0.3 is 6.36 Å². The maximum absolute atomic E-state index is 13.7. The number of para-hydroxylation sites is 1. The zero-order valence-corrected chi connectivity index (χ0v) is 17.9. The van der Waals surface area contributed by atoms with Crippen molar-refractivity contribution in [2.24, 2.45) is 0 Å². The molecule has 0 saturated carbocycles. The summed E-state index contributed by atoms with van der Waals surface area (Å²) in [5.74, 6) is -0.204. The molecule has 4 rings (SSSR count). The average molecular weight is 465 g/mol. The van der Waals surface area contributed by atoms with E-state index < -0.39 is 33.1 Å². The third kappa shape index (κ3) is 4.97. The van der Waals surface area contributed by atoms with Crippen LogP contribution in [0.3, 0.4) is 0 Å². The summed E-state index contributed by atoms with van der Waals surface area (Å²) in [5, 5.41) is 0. The number of fused-ring (bicyclic) bond motifs is 1. The van der Waals surface area contributed by atoms with E-state index in [1.54, 1.807) is 12.4 Å². The summed E-state index contributed by atoms with van der Waals surface area (Å²) < 4.78 is 73.5. The zero-order valence-electron chi connectivity index (χ0n) is 17.1. The zero-order chi connectivity index (χ0) is 22.8. The number of hydrogen-bond donors (Lipinski definition) is 0. The third-order valence-corrected chi connectivity index (χ3v) is 7.36. The second kappa shape index (κ2) is 8.95. The summed E-state index contributed by atoms with van der Waals surface area (Å²) in [6, 6.07) is 13.8. The summed E-state index contributed by atoms with van der Waals surface area (Å²) >= 11 is 0. The Labute approximate surface area is 184 Å². The molecule has 1 aliphatic heterocycles. The van der Waals surface area contributed by atoms with Gasteiger partial charge in [-0.3, -0.25) is 0 Å². The molecule has 6 nitrogen and oxygen atoms in total. The number of aromatic nitrogens is 2. The molecule has 0 unspecified atom stereocenters. The lowest BCUT2D eigenvalue weighted by molar-refractivity contribution is -0.275. The van der Waals surface area contributed by atoms with E-state index in [0.717, 1.165) is 17.7 Å². The van der Waals surface area contributed by atoms with Gasteiger partial charge in [-0.2, -0.15) is 4.31 Å². The molecule has 0 bridgehead atoms. The van der Waals surface area contributed by atoms with Crippen LogP contribution >= 0.6 is 0 Å². The van der Waals surface area contributed by atoms with Gasteiger partial charge in [-0.15, -0.1) is 13.2 Å². The molecule has 0 amide bonds. The van der Waals surface area contributed by atoms with E-state index in [9.17, 15) is 21.6 Å². The SMILES string of the molecule is O=S(=O)(c1ccccc1OC(F)(F)F)N1Cc2nccn2CCC[C@H]1Cc1ccccc1. The Morgan fingerprint density at radius 3 is 2.53 bits per heavy atom. The summed E-state index contributed by atoms with van der Waals surface area (Å²) in [6.45, 7) is 0.648. The Morgan fingerprint density at radius 2 is 1.78 bits per heavy atom. The highest BCUT2D eigenvalue weighted by molar-refractivity contribution is 7.89. The van der Waals surface area contributed by atoms with Crippen molar-refractivity contribution in [1.82, 2.24) is 13.9 Å². The smallest absolute Gasteiger partial charge is 0.404 e. The fourth-order valence-electron chi connectivity index (χ4n) is 3.97. The molecule has 2 heterocycles. The predicted molar refractivity (Wildman–Crippen MR) is 111 cm³/mol. The molecular formula is C22H22F3N3O3S. The fraction of sp³-hybridized carbons (Fsp3) is 0.318. The molecule has 0 N–H and O–H groups in total. The van der Waals surface area contributed by atoms with Gasteiger partial charge in [0.2, 0.25) is 10.0 Å². The van der Waals surface area contributed by atoms with Crippen LogP contribution in [0.15, 0.2) is 71.9 Å². The van der Waals surface area contributed by atoms with E-state index in [2.05, 4.69) is 9.72 Å². The highest BCUT2D eigenvalue weighted by Crippen LogP contribution is 2.34. The Balaban J connectivity index is 1.77. The van der Waals surface area contributed by atoms with Crippen LogP contribution in [-0.2, 0) is 29.5 Å². The number of benzene rings is 2. The van der Waals surface area contributed by atoms with Crippen molar-refractivity contribution in [2.45, 2.75) is 49.7 Å². The number of ether oxygens (including phenoxy) is 1. The van der Waals surface area contributed by atoms with Crippen LogP contribution in [0, 0.1) is 0 Å². The van der Waals surface area contributed by atoms with E-state index in [0.29, 0.717) is 31.6 Å². The summed E-state index contributed by atoms with van der Waals surface area (Å²) in [5.41, 5.74) is 0.946. The monoisotopic (exact) mass is 465 g/mol. The molecule has 0 fully saturated rings. The van der Waals surface area contributed by atoms with Gasteiger partial charge in [0.15, 0.2) is 0 Å². The largest absolute Gasteiger partial charge is 0.573 e.